The lowest BCUT2D eigenvalue weighted by Crippen LogP contribution is -2.50. The van der Waals surface area contributed by atoms with Crippen molar-refractivity contribution in [1.82, 2.24) is 9.80 Å². The maximum atomic E-state index is 12.6. The largest absolute Gasteiger partial charge is 0.399 e. The first kappa shape index (κ1) is 24.8. The van der Waals surface area contributed by atoms with Crippen molar-refractivity contribution >= 4 is 48.0 Å². The van der Waals surface area contributed by atoms with Crippen LogP contribution in [0, 0.1) is 0 Å². The number of nitrogens with zero attached hydrogens (tertiary/aromatic N) is 2. The van der Waals surface area contributed by atoms with Gasteiger partial charge in [-0.2, -0.15) is 0 Å². The number of nitrogen functional groups attached to an aromatic ring is 1. The van der Waals surface area contributed by atoms with Crippen LogP contribution in [0.2, 0.25) is 0 Å². The molecule has 2 amide bonds. The fraction of sp³-hybridized carbons (Fsp3) is 0.333. The van der Waals surface area contributed by atoms with Gasteiger partial charge in [0.2, 0.25) is 5.91 Å². The van der Waals surface area contributed by atoms with Crippen LogP contribution < -0.4 is 11.1 Å². The quantitative estimate of drug-likeness (QED) is 0.702. The van der Waals surface area contributed by atoms with E-state index in [1.54, 1.807) is 24.3 Å². The molecule has 0 aromatic heterocycles. The van der Waals surface area contributed by atoms with E-state index in [2.05, 4.69) is 17.1 Å². The summed E-state index contributed by atoms with van der Waals surface area (Å²) in [4.78, 5) is 28.8. The van der Waals surface area contributed by atoms with Gasteiger partial charge in [0, 0.05) is 43.1 Å². The second-order valence-corrected chi connectivity index (χ2v) is 6.75. The molecule has 0 bridgehead atoms. The van der Waals surface area contributed by atoms with Crippen molar-refractivity contribution < 1.29 is 9.59 Å². The lowest BCUT2D eigenvalue weighted by Gasteiger charge is -2.34. The number of para-hydroxylation sites is 1. The van der Waals surface area contributed by atoms with E-state index in [0.29, 0.717) is 44.0 Å². The summed E-state index contributed by atoms with van der Waals surface area (Å²) < 4.78 is 0. The summed E-state index contributed by atoms with van der Waals surface area (Å²) in [7, 11) is 0. The van der Waals surface area contributed by atoms with Gasteiger partial charge in [-0.3, -0.25) is 14.5 Å². The number of benzene rings is 2. The van der Waals surface area contributed by atoms with Crippen LogP contribution in [0.4, 0.5) is 11.4 Å². The molecule has 1 aliphatic rings. The molecule has 1 aliphatic heterocycles. The van der Waals surface area contributed by atoms with E-state index in [0.717, 1.165) is 17.7 Å². The van der Waals surface area contributed by atoms with Crippen molar-refractivity contribution in [3.63, 3.8) is 0 Å². The Balaban J connectivity index is 0.00000210. The van der Waals surface area contributed by atoms with Crippen LogP contribution in [-0.2, 0) is 11.2 Å². The van der Waals surface area contributed by atoms with Gasteiger partial charge < -0.3 is 16.0 Å². The van der Waals surface area contributed by atoms with Gasteiger partial charge >= 0.3 is 0 Å². The summed E-state index contributed by atoms with van der Waals surface area (Å²) in [5.74, 6) is -0.0326. The van der Waals surface area contributed by atoms with Gasteiger partial charge in [-0.15, -0.1) is 24.8 Å². The molecule has 1 saturated heterocycles. The lowest BCUT2D eigenvalue weighted by atomic mass is 10.1. The SMILES string of the molecule is CCc1ccccc1NC(=O)CN1CCN(C(=O)c2cccc(N)c2)CC1.Cl.Cl. The zero-order chi connectivity index (χ0) is 19.2. The molecule has 6 nitrogen and oxygen atoms in total. The minimum Gasteiger partial charge on any atom is -0.399 e. The lowest BCUT2D eigenvalue weighted by molar-refractivity contribution is -0.117. The molecule has 29 heavy (non-hydrogen) atoms. The Hall–Kier alpha value is -2.28. The van der Waals surface area contributed by atoms with E-state index in [-0.39, 0.29) is 36.6 Å². The number of anilines is 2. The number of rotatable bonds is 5. The second kappa shape index (κ2) is 11.7. The van der Waals surface area contributed by atoms with Crippen LogP contribution in [0.15, 0.2) is 48.5 Å². The first-order valence-corrected chi connectivity index (χ1v) is 9.31. The molecule has 1 heterocycles. The van der Waals surface area contributed by atoms with Gasteiger partial charge in [0.15, 0.2) is 0 Å². The number of carbonyl (C=O) groups is 2. The Bertz CT molecular complexity index is 824. The molecular weight excluding hydrogens is 411 g/mol. The Labute approximate surface area is 184 Å². The molecule has 0 spiro atoms. The fourth-order valence-electron chi connectivity index (χ4n) is 3.31. The van der Waals surface area contributed by atoms with Gasteiger partial charge in [-0.1, -0.05) is 31.2 Å². The molecule has 2 aromatic rings. The van der Waals surface area contributed by atoms with Crippen LogP contribution in [-0.4, -0.2) is 54.3 Å². The number of amides is 2. The highest BCUT2D eigenvalue weighted by Gasteiger charge is 2.23. The number of hydrogen-bond acceptors (Lipinski definition) is 4. The van der Waals surface area contributed by atoms with Crippen molar-refractivity contribution in [3.8, 4) is 0 Å². The van der Waals surface area contributed by atoms with Gasteiger partial charge in [0.05, 0.1) is 6.54 Å². The number of nitrogens with one attached hydrogen (secondary N) is 1. The average molecular weight is 439 g/mol. The predicted molar refractivity (Wildman–Crippen MR) is 122 cm³/mol. The van der Waals surface area contributed by atoms with Crippen LogP contribution in [0.25, 0.3) is 0 Å². The molecular formula is C21H28Cl2N4O2. The van der Waals surface area contributed by atoms with Gasteiger partial charge in [-0.05, 0) is 36.2 Å². The topological polar surface area (TPSA) is 78.7 Å². The molecule has 8 heteroatoms. The summed E-state index contributed by atoms with van der Waals surface area (Å²) in [6.45, 7) is 4.96. The second-order valence-electron chi connectivity index (χ2n) is 6.75. The number of halogens is 2. The minimum absolute atomic E-state index is 0. The van der Waals surface area contributed by atoms with E-state index >= 15 is 0 Å². The van der Waals surface area contributed by atoms with Gasteiger partial charge in [0.25, 0.3) is 5.91 Å². The molecule has 0 atom stereocenters. The third-order valence-corrected chi connectivity index (χ3v) is 4.83. The van der Waals surface area contributed by atoms with Crippen LogP contribution in [0.1, 0.15) is 22.8 Å². The van der Waals surface area contributed by atoms with Gasteiger partial charge in [-0.25, -0.2) is 0 Å². The molecule has 0 saturated carbocycles. The van der Waals surface area contributed by atoms with Crippen molar-refractivity contribution in [1.29, 1.82) is 0 Å². The molecule has 2 aromatic carbocycles. The molecule has 3 N–H and O–H groups in total. The predicted octanol–water partition coefficient (Wildman–Crippen LogP) is 3.07. The number of piperazine rings is 1. The highest BCUT2D eigenvalue weighted by Crippen LogP contribution is 2.16. The summed E-state index contributed by atoms with van der Waals surface area (Å²) in [6.07, 6.45) is 0.876. The fourth-order valence-corrected chi connectivity index (χ4v) is 3.31. The standard InChI is InChI=1S/C21H26N4O2.2ClH/c1-2-16-6-3-4-9-19(16)23-20(26)15-24-10-12-25(13-11-24)21(27)17-7-5-8-18(22)14-17;;/h3-9,14H,2,10-13,15,22H2,1H3,(H,23,26);2*1H. The molecule has 3 rings (SSSR count). The Morgan fingerprint density at radius 2 is 1.69 bits per heavy atom. The van der Waals surface area contributed by atoms with E-state index in [4.69, 9.17) is 5.73 Å². The smallest absolute Gasteiger partial charge is 0.254 e. The van der Waals surface area contributed by atoms with Crippen molar-refractivity contribution in [2.75, 3.05) is 43.8 Å². The molecule has 1 fully saturated rings. The maximum absolute atomic E-state index is 12.6. The molecule has 158 valence electrons. The zero-order valence-corrected chi connectivity index (χ0v) is 18.1. The van der Waals surface area contributed by atoms with E-state index < -0.39 is 0 Å². The van der Waals surface area contributed by atoms with E-state index in [1.165, 1.54) is 0 Å². The third-order valence-electron chi connectivity index (χ3n) is 4.83. The summed E-state index contributed by atoms with van der Waals surface area (Å²) in [6, 6.07) is 14.9. The zero-order valence-electron chi connectivity index (χ0n) is 16.5. The van der Waals surface area contributed by atoms with Crippen LogP contribution in [0.3, 0.4) is 0 Å². The molecule has 0 unspecified atom stereocenters. The highest BCUT2D eigenvalue weighted by molar-refractivity contribution is 5.95. The number of aryl methyl sites for hydroxylation is 1. The summed E-state index contributed by atoms with van der Waals surface area (Å²) in [5.41, 5.74) is 8.96. The van der Waals surface area contributed by atoms with Crippen molar-refractivity contribution in [2.45, 2.75) is 13.3 Å². The molecule has 0 radical (unpaired) electrons. The van der Waals surface area contributed by atoms with Crippen molar-refractivity contribution in [2.24, 2.45) is 0 Å². The number of hydrogen-bond donors (Lipinski definition) is 2. The maximum Gasteiger partial charge on any atom is 0.254 e. The minimum atomic E-state index is -0.0218. The number of carbonyl (C=O) groups excluding carboxylic acids is 2. The van der Waals surface area contributed by atoms with Gasteiger partial charge in [0.1, 0.15) is 0 Å². The van der Waals surface area contributed by atoms with E-state index in [9.17, 15) is 9.59 Å². The van der Waals surface area contributed by atoms with E-state index in [1.807, 2.05) is 29.2 Å². The Morgan fingerprint density at radius 3 is 2.34 bits per heavy atom. The highest BCUT2D eigenvalue weighted by atomic mass is 35.5. The third kappa shape index (κ3) is 6.63. The van der Waals surface area contributed by atoms with Crippen molar-refractivity contribution in [3.05, 3.63) is 59.7 Å². The first-order chi connectivity index (χ1) is 13.1. The van der Waals surface area contributed by atoms with Crippen LogP contribution in [0.5, 0.6) is 0 Å². The monoisotopic (exact) mass is 438 g/mol. The average Bonchev–Trinajstić information content (AvgIpc) is 2.68. The van der Waals surface area contributed by atoms with Crippen LogP contribution >= 0.6 is 24.8 Å². The normalized spacial score (nSPS) is 13.8. The molecule has 0 aliphatic carbocycles. The number of nitrogens with two attached hydrogens (primary N) is 1. The Kier molecular flexibility index (Phi) is 9.95. The Morgan fingerprint density at radius 1 is 1.00 bits per heavy atom. The summed E-state index contributed by atoms with van der Waals surface area (Å²) in [5, 5.41) is 3.00. The summed E-state index contributed by atoms with van der Waals surface area (Å²) >= 11 is 0. The first-order valence-electron chi connectivity index (χ1n) is 9.31.